The highest BCUT2D eigenvalue weighted by molar-refractivity contribution is 7.84. The number of aromatic nitrogens is 1. The summed E-state index contributed by atoms with van der Waals surface area (Å²) in [6, 6.07) is -0.533. The number of carbonyl (C=O) groups is 2. The van der Waals surface area contributed by atoms with Gasteiger partial charge in [0.25, 0.3) is 0 Å². The molecular weight excluding hydrogens is 338 g/mol. The van der Waals surface area contributed by atoms with Gasteiger partial charge in [0, 0.05) is 24.8 Å². The van der Waals surface area contributed by atoms with Crippen molar-refractivity contribution in [2.24, 2.45) is 11.5 Å². The first-order valence-corrected chi connectivity index (χ1v) is 8.69. The molecule has 9 nitrogen and oxygen atoms in total. The Morgan fingerprint density at radius 3 is 2.50 bits per heavy atom. The molecule has 0 fully saturated rings. The first-order valence-electron chi connectivity index (χ1n) is 7.11. The molecule has 0 spiro atoms. The van der Waals surface area contributed by atoms with Gasteiger partial charge in [0.05, 0.1) is 38.9 Å². The maximum Gasteiger partial charge on any atom is 0.211 e. The van der Waals surface area contributed by atoms with Crippen LogP contribution in [-0.4, -0.2) is 42.3 Å². The summed E-state index contributed by atoms with van der Waals surface area (Å²) in [5, 5.41) is 0. The van der Waals surface area contributed by atoms with Crippen LogP contribution in [0.1, 0.15) is 45.1 Å². The summed E-state index contributed by atoms with van der Waals surface area (Å²) in [5.41, 5.74) is 11.6. The molecule has 0 unspecified atom stereocenters. The highest BCUT2D eigenvalue weighted by Crippen LogP contribution is 2.40. The molecule has 24 heavy (non-hydrogen) atoms. The molecule has 0 aromatic carbocycles. The van der Waals surface area contributed by atoms with Crippen LogP contribution in [0.2, 0.25) is 0 Å². The molecule has 0 saturated carbocycles. The van der Waals surface area contributed by atoms with Gasteiger partial charge in [0.1, 0.15) is 11.8 Å². The molecule has 1 aromatic rings. The molecule has 2 heterocycles. The van der Waals surface area contributed by atoms with E-state index in [1.165, 1.54) is 18.6 Å². The number of hydrogen-bond acceptors (Lipinski definition) is 8. The van der Waals surface area contributed by atoms with Crippen LogP contribution < -0.4 is 11.5 Å². The molecule has 1 aliphatic heterocycles. The molecule has 0 bridgehead atoms. The number of hydrogen-bond donors (Lipinski definition) is 2. The average molecular weight is 354 g/mol. The van der Waals surface area contributed by atoms with Crippen molar-refractivity contribution in [3.8, 4) is 0 Å². The summed E-state index contributed by atoms with van der Waals surface area (Å²) in [6.07, 6.45) is -0.727. The van der Waals surface area contributed by atoms with Crippen molar-refractivity contribution < 1.29 is 27.3 Å². The molecule has 0 radical (unpaired) electrons. The van der Waals surface area contributed by atoms with Crippen LogP contribution in [0.15, 0.2) is 11.3 Å². The minimum absolute atomic E-state index is 0.0235. The van der Waals surface area contributed by atoms with Crippen molar-refractivity contribution in [2.45, 2.75) is 31.4 Å². The molecule has 0 amide bonds. The lowest BCUT2D eigenvalue weighted by Crippen LogP contribution is -2.31. The third kappa shape index (κ3) is 2.22. The van der Waals surface area contributed by atoms with Crippen LogP contribution in [-0.2, 0) is 27.2 Å². The second-order valence-corrected chi connectivity index (χ2v) is 7.32. The van der Waals surface area contributed by atoms with Crippen LogP contribution in [0.5, 0.6) is 0 Å². The van der Waals surface area contributed by atoms with Gasteiger partial charge in [-0.3, -0.25) is 9.59 Å². The molecule has 1 aliphatic carbocycles. The third-order valence-electron chi connectivity index (χ3n) is 4.47. The van der Waals surface area contributed by atoms with Gasteiger partial charge >= 0.3 is 0 Å². The van der Waals surface area contributed by atoms with Crippen LogP contribution in [0.25, 0.3) is 0 Å². The first kappa shape index (κ1) is 16.8. The van der Waals surface area contributed by atoms with Crippen molar-refractivity contribution in [1.29, 1.82) is 0 Å². The van der Waals surface area contributed by atoms with Gasteiger partial charge < -0.3 is 25.3 Å². The van der Waals surface area contributed by atoms with Gasteiger partial charge in [0.15, 0.2) is 0 Å². The minimum Gasteiger partial charge on any atom is -0.748 e. The number of Topliss-reactive ketones (excluding diaryl/α,β-unsaturated/α-hetero) is 2. The van der Waals surface area contributed by atoms with E-state index in [-0.39, 0.29) is 40.3 Å². The van der Waals surface area contributed by atoms with Crippen LogP contribution in [0, 0.1) is 0 Å². The Hall–Kier alpha value is -2.01. The Kier molecular flexibility index (Phi) is 3.68. The van der Waals surface area contributed by atoms with E-state index in [1.54, 1.807) is 0 Å². The first-order chi connectivity index (χ1) is 11.1. The van der Waals surface area contributed by atoms with Crippen LogP contribution in [0.4, 0.5) is 0 Å². The average Bonchev–Trinajstić information content (AvgIpc) is 2.95. The molecular formula is C14H16N3O6S-. The van der Waals surface area contributed by atoms with Crippen LogP contribution >= 0.6 is 0 Å². The number of rotatable bonds is 3. The SMILES string of the molecule is CO[C@H]1c2c(CS(=O)(=O)[O-])c3c(n2C[C@@H]1N)C(=O)C(C)=C(N)C3=O. The second-order valence-electron chi connectivity index (χ2n) is 5.92. The Balaban J connectivity index is 2.36. The zero-order valence-electron chi connectivity index (χ0n) is 13.0. The Labute approximate surface area is 138 Å². The molecule has 10 heteroatoms. The van der Waals surface area contributed by atoms with Gasteiger partial charge in [-0.2, -0.15) is 0 Å². The van der Waals surface area contributed by atoms with Gasteiger partial charge in [-0.25, -0.2) is 8.42 Å². The summed E-state index contributed by atoms with van der Waals surface area (Å²) in [5.74, 6) is -2.08. The monoisotopic (exact) mass is 354 g/mol. The molecule has 2 atom stereocenters. The molecule has 0 saturated heterocycles. The van der Waals surface area contributed by atoms with Crippen molar-refractivity contribution in [3.63, 3.8) is 0 Å². The topological polar surface area (TPSA) is 158 Å². The van der Waals surface area contributed by atoms with E-state index in [9.17, 15) is 22.6 Å². The number of ether oxygens (including phenoxy) is 1. The van der Waals surface area contributed by atoms with Crippen molar-refractivity contribution in [1.82, 2.24) is 4.57 Å². The maximum absolute atomic E-state index is 12.6. The summed E-state index contributed by atoms with van der Waals surface area (Å²) in [4.78, 5) is 25.1. The molecule has 4 N–H and O–H groups in total. The highest BCUT2D eigenvalue weighted by Gasteiger charge is 2.44. The van der Waals surface area contributed by atoms with Gasteiger partial charge in [-0.1, -0.05) is 0 Å². The fraction of sp³-hybridized carbons (Fsp3) is 0.429. The van der Waals surface area contributed by atoms with Gasteiger partial charge in [-0.15, -0.1) is 0 Å². The van der Waals surface area contributed by atoms with E-state index in [0.29, 0.717) is 0 Å². The smallest absolute Gasteiger partial charge is 0.211 e. The van der Waals surface area contributed by atoms with Crippen molar-refractivity contribution >= 4 is 21.7 Å². The normalized spacial score (nSPS) is 23.7. The maximum atomic E-state index is 12.6. The highest BCUT2D eigenvalue weighted by atomic mass is 32.2. The number of fused-ring (bicyclic) bond motifs is 3. The zero-order chi connectivity index (χ0) is 18.0. The molecule has 2 aliphatic rings. The number of nitrogens with zero attached hydrogens (tertiary/aromatic N) is 1. The Morgan fingerprint density at radius 2 is 1.96 bits per heavy atom. The molecule has 1 aromatic heterocycles. The van der Waals surface area contributed by atoms with E-state index in [0.717, 1.165) is 0 Å². The largest absolute Gasteiger partial charge is 0.748 e. The minimum atomic E-state index is -4.70. The molecule has 130 valence electrons. The number of carbonyl (C=O) groups excluding carboxylic acids is 2. The predicted octanol–water partition coefficient (Wildman–Crippen LogP) is -0.827. The number of nitrogens with two attached hydrogens (primary N) is 2. The fourth-order valence-corrected chi connectivity index (χ4v) is 4.05. The summed E-state index contributed by atoms with van der Waals surface area (Å²) in [7, 11) is -3.33. The van der Waals surface area contributed by atoms with E-state index < -0.39 is 39.6 Å². The molecule has 3 rings (SSSR count). The second kappa shape index (κ2) is 5.24. The van der Waals surface area contributed by atoms with Crippen LogP contribution in [0.3, 0.4) is 0 Å². The fourth-order valence-electron chi connectivity index (χ4n) is 3.41. The summed E-state index contributed by atoms with van der Waals surface area (Å²) >= 11 is 0. The Bertz CT molecular complexity index is 911. The van der Waals surface area contributed by atoms with E-state index in [1.807, 2.05) is 0 Å². The zero-order valence-corrected chi connectivity index (χ0v) is 13.8. The standard InChI is InChI=1S/C14H17N3O6S/c1-5-9(16)13(19)8-6(4-24(20,21)22)10-14(23-2)7(15)3-17(10)11(8)12(5)18/h7,14H,3-4,15-16H2,1-2H3,(H,20,21,22)/p-1/t7-,14+/m0/s1. The van der Waals surface area contributed by atoms with Crippen molar-refractivity contribution in [3.05, 3.63) is 33.8 Å². The Morgan fingerprint density at radius 1 is 1.33 bits per heavy atom. The van der Waals surface area contributed by atoms with E-state index in [2.05, 4.69) is 0 Å². The lowest BCUT2D eigenvalue weighted by Gasteiger charge is -2.19. The van der Waals surface area contributed by atoms with E-state index >= 15 is 0 Å². The number of ketones is 2. The van der Waals surface area contributed by atoms with E-state index in [4.69, 9.17) is 16.2 Å². The van der Waals surface area contributed by atoms with Crippen molar-refractivity contribution in [2.75, 3.05) is 7.11 Å². The third-order valence-corrected chi connectivity index (χ3v) is 5.11. The van der Waals surface area contributed by atoms with Gasteiger partial charge in [-0.05, 0) is 6.92 Å². The number of allylic oxidation sites excluding steroid dienone is 2. The van der Waals surface area contributed by atoms with Gasteiger partial charge in [0.2, 0.25) is 11.6 Å². The number of methoxy groups -OCH3 is 1. The lowest BCUT2D eigenvalue weighted by molar-refractivity contribution is 0.0894. The lowest BCUT2D eigenvalue weighted by atomic mass is 9.90. The summed E-state index contributed by atoms with van der Waals surface area (Å²) in [6.45, 7) is 1.59. The summed E-state index contributed by atoms with van der Waals surface area (Å²) < 4.78 is 40.7. The predicted molar refractivity (Wildman–Crippen MR) is 81.1 cm³/mol. The quantitative estimate of drug-likeness (QED) is 0.666.